The van der Waals surface area contributed by atoms with E-state index in [0.29, 0.717) is 6.10 Å². The van der Waals surface area contributed by atoms with E-state index in [1.165, 1.54) is 25.7 Å². The van der Waals surface area contributed by atoms with Crippen molar-refractivity contribution in [2.75, 3.05) is 5.73 Å². The summed E-state index contributed by atoms with van der Waals surface area (Å²) >= 11 is 0. The molecule has 1 aromatic carbocycles. The maximum atomic E-state index is 5.79. The van der Waals surface area contributed by atoms with Crippen LogP contribution < -0.4 is 10.5 Å². The second-order valence-electron chi connectivity index (χ2n) is 4.35. The number of hydrogen-bond acceptors (Lipinski definition) is 2. The Hall–Kier alpha value is -1.18. The van der Waals surface area contributed by atoms with Crippen LogP contribution in [0.25, 0.3) is 0 Å². The predicted molar refractivity (Wildman–Crippen MR) is 69.7 cm³/mol. The lowest BCUT2D eigenvalue weighted by molar-refractivity contribution is 0.206. The fourth-order valence-corrected chi connectivity index (χ4v) is 1.70. The number of rotatable bonds is 7. The van der Waals surface area contributed by atoms with Crippen molar-refractivity contribution >= 4 is 5.69 Å². The van der Waals surface area contributed by atoms with Gasteiger partial charge in [0.2, 0.25) is 0 Å². The van der Waals surface area contributed by atoms with Crippen molar-refractivity contribution in [2.45, 2.75) is 52.1 Å². The molecule has 16 heavy (non-hydrogen) atoms. The number of nitrogens with two attached hydrogens (primary N) is 1. The fourth-order valence-electron chi connectivity index (χ4n) is 1.70. The van der Waals surface area contributed by atoms with Crippen LogP contribution in [-0.4, -0.2) is 6.10 Å². The molecule has 2 heteroatoms. The molecule has 2 N–H and O–H groups in total. The fraction of sp³-hybridized carbons (Fsp3) is 0.571. The van der Waals surface area contributed by atoms with Gasteiger partial charge in [0.1, 0.15) is 5.75 Å². The third kappa shape index (κ3) is 5.06. The molecule has 0 fully saturated rings. The molecule has 0 amide bonds. The Kier molecular flexibility index (Phi) is 5.76. The van der Waals surface area contributed by atoms with Crippen molar-refractivity contribution in [3.05, 3.63) is 24.3 Å². The molecule has 0 heterocycles. The highest BCUT2D eigenvalue weighted by Crippen LogP contribution is 2.17. The van der Waals surface area contributed by atoms with E-state index in [-0.39, 0.29) is 0 Å². The Bertz CT molecular complexity index is 281. The molecule has 0 bridgehead atoms. The first-order valence-electron chi connectivity index (χ1n) is 6.24. The first-order chi connectivity index (χ1) is 7.72. The number of unbranched alkanes of at least 4 members (excludes halogenated alkanes) is 3. The first-order valence-corrected chi connectivity index (χ1v) is 6.24. The maximum Gasteiger partial charge on any atom is 0.119 e. The molecule has 0 radical (unpaired) electrons. The van der Waals surface area contributed by atoms with Gasteiger partial charge in [-0.15, -0.1) is 0 Å². The van der Waals surface area contributed by atoms with Crippen molar-refractivity contribution in [3.63, 3.8) is 0 Å². The van der Waals surface area contributed by atoms with Crippen LogP contribution in [0.3, 0.4) is 0 Å². The van der Waals surface area contributed by atoms with Crippen LogP contribution in [-0.2, 0) is 0 Å². The Labute approximate surface area is 98.8 Å². The van der Waals surface area contributed by atoms with Gasteiger partial charge < -0.3 is 10.5 Å². The van der Waals surface area contributed by atoms with Gasteiger partial charge in [0.05, 0.1) is 6.10 Å². The predicted octanol–water partition coefficient (Wildman–Crippen LogP) is 4.01. The Morgan fingerprint density at radius 1 is 1.12 bits per heavy atom. The van der Waals surface area contributed by atoms with Crippen LogP contribution in [0.4, 0.5) is 5.69 Å². The van der Waals surface area contributed by atoms with Gasteiger partial charge in [-0.05, 0) is 44.0 Å². The number of hydrogen-bond donors (Lipinski definition) is 1. The lowest BCUT2D eigenvalue weighted by atomic mass is 10.1. The molecule has 0 spiro atoms. The minimum Gasteiger partial charge on any atom is -0.491 e. The van der Waals surface area contributed by atoms with E-state index in [9.17, 15) is 0 Å². The van der Waals surface area contributed by atoms with E-state index in [0.717, 1.165) is 17.9 Å². The number of benzene rings is 1. The summed E-state index contributed by atoms with van der Waals surface area (Å²) in [6.07, 6.45) is 6.60. The smallest absolute Gasteiger partial charge is 0.119 e. The minimum absolute atomic E-state index is 0.292. The quantitative estimate of drug-likeness (QED) is 0.558. The second-order valence-corrected chi connectivity index (χ2v) is 4.35. The molecule has 90 valence electrons. The van der Waals surface area contributed by atoms with E-state index in [1.54, 1.807) is 0 Å². The Balaban J connectivity index is 2.23. The third-order valence-corrected chi connectivity index (χ3v) is 2.68. The van der Waals surface area contributed by atoms with Crippen molar-refractivity contribution < 1.29 is 4.74 Å². The van der Waals surface area contributed by atoms with Crippen LogP contribution in [0.2, 0.25) is 0 Å². The van der Waals surface area contributed by atoms with Gasteiger partial charge in [0.25, 0.3) is 0 Å². The summed E-state index contributed by atoms with van der Waals surface area (Å²) < 4.78 is 5.79. The average molecular weight is 221 g/mol. The first kappa shape index (κ1) is 12.9. The Morgan fingerprint density at radius 3 is 2.44 bits per heavy atom. The summed E-state index contributed by atoms with van der Waals surface area (Å²) in [6.45, 7) is 4.36. The van der Waals surface area contributed by atoms with Crippen molar-refractivity contribution in [2.24, 2.45) is 0 Å². The number of anilines is 1. The molecule has 1 unspecified atom stereocenters. The molecule has 0 aliphatic heterocycles. The summed E-state index contributed by atoms with van der Waals surface area (Å²) in [6, 6.07) is 7.61. The van der Waals surface area contributed by atoms with Crippen molar-refractivity contribution in [1.82, 2.24) is 0 Å². The van der Waals surface area contributed by atoms with Gasteiger partial charge >= 0.3 is 0 Å². The van der Waals surface area contributed by atoms with Crippen LogP contribution in [0.5, 0.6) is 5.75 Å². The lowest BCUT2D eigenvalue weighted by Gasteiger charge is -2.14. The lowest BCUT2D eigenvalue weighted by Crippen LogP contribution is -2.11. The summed E-state index contributed by atoms with van der Waals surface area (Å²) in [5, 5.41) is 0. The molecule has 0 saturated carbocycles. The van der Waals surface area contributed by atoms with E-state index < -0.39 is 0 Å². The monoisotopic (exact) mass is 221 g/mol. The third-order valence-electron chi connectivity index (χ3n) is 2.68. The van der Waals surface area contributed by atoms with Gasteiger partial charge in [0.15, 0.2) is 0 Å². The van der Waals surface area contributed by atoms with Gasteiger partial charge in [-0.25, -0.2) is 0 Å². The normalized spacial score (nSPS) is 12.4. The zero-order valence-electron chi connectivity index (χ0n) is 10.4. The largest absolute Gasteiger partial charge is 0.491 e. The van der Waals surface area contributed by atoms with E-state index in [4.69, 9.17) is 10.5 Å². The standard InChI is InChI=1S/C14H23NO/c1-3-4-5-6-7-12(2)16-14-10-8-13(15)9-11-14/h8-12H,3-7,15H2,1-2H3. The van der Waals surface area contributed by atoms with Gasteiger partial charge in [-0.1, -0.05) is 26.2 Å². The molecule has 2 nitrogen and oxygen atoms in total. The van der Waals surface area contributed by atoms with E-state index in [1.807, 2.05) is 24.3 Å². The second kappa shape index (κ2) is 7.15. The molecule has 0 aliphatic rings. The SMILES string of the molecule is CCCCCCC(C)Oc1ccc(N)cc1. The molecule has 1 atom stereocenters. The highest BCUT2D eigenvalue weighted by atomic mass is 16.5. The topological polar surface area (TPSA) is 35.2 Å². The summed E-state index contributed by atoms with van der Waals surface area (Å²) in [7, 11) is 0. The van der Waals surface area contributed by atoms with E-state index in [2.05, 4.69) is 13.8 Å². The summed E-state index contributed by atoms with van der Waals surface area (Å²) in [5.41, 5.74) is 6.40. The van der Waals surface area contributed by atoms with Gasteiger partial charge in [-0.2, -0.15) is 0 Å². The zero-order valence-corrected chi connectivity index (χ0v) is 10.4. The molecule has 1 aromatic rings. The average Bonchev–Trinajstić information content (AvgIpc) is 2.28. The van der Waals surface area contributed by atoms with Crippen molar-refractivity contribution in [1.29, 1.82) is 0 Å². The number of ether oxygens (including phenoxy) is 1. The molecular formula is C14H23NO. The summed E-state index contributed by atoms with van der Waals surface area (Å²) in [5.74, 6) is 0.914. The van der Waals surface area contributed by atoms with Crippen LogP contribution >= 0.6 is 0 Å². The van der Waals surface area contributed by atoms with E-state index >= 15 is 0 Å². The van der Waals surface area contributed by atoms with Gasteiger partial charge in [0, 0.05) is 5.69 Å². The Morgan fingerprint density at radius 2 is 1.81 bits per heavy atom. The molecule has 0 aliphatic carbocycles. The number of nitrogen functional groups attached to an aromatic ring is 1. The summed E-state index contributed by atoms with van der Waals surface area (Å²) in [4.78, 5) is 0. The molecule has 0 saturated heterocycles. The zero-order chi connectivity index (χ0) is 11.8. The van der Waals surface area contributed by atoms with Crippen LogP contribution in [0.15, 0.2) is 24.3 Å². The van der Waals surface area contributed by atoms with Crippen LogP contribution in [0.1, 0.15) is 46.0 Å². The van der Waals surface area contributed by atoms with Crippen LogP contribution in [0, 0.1) is 0 Å². The molecular weight excluding hydrogens is 198 g/mol. The highest BCUT2D eigenvalue weighted by Gasteiger charge is 2.03. The highest BCUT2D eigenvalue weighted by molar-refractivity contribution is 5.41. The molecule has 1 rings (SSSR count). The van der Waals surface area contributed by atoms with Crippen molar-refractivity contribution in [3.8, 4) is 5.75 Å². The van der Waals surface area contributed by atoms with Gasteiger partial charge in [-0.3, -0.25) is 0 Å². The maximum absolute atomic E-state index is 5.79. The molecule has 0 aromatic heterocycles. The minimum atomic E-state index is 0.292.